The van der Waals surface area contributed by atoms with Crippen LogP contribution >= 0.6 is 0 Å². The van der Waals surface area contributed by atoms with E-state index >= 15 is 0 Å². The Kier molecular flexibility index (Phi) is 8.12. The van der Waals surface area contributed by atoms with Gasteiger partial charge in [-0.3, -0.25) is 4.79 Å². The molecule has 0 aromatic rings. The second-order valence-corrected chi connectivity index (χ2v) is 2.87. The average molecular weight is 235 g/mol. The highest BCUT2D eigenvalue weighted by molar-refractivity contribution is 5.73. The van der Waals surface area contributed by atoms with Gasteiger partial charge in [0.25, 0.3) is 0 Å². The summed E-state index contributed by atoms with van der Waals surface area (Å²) in [7, 11) is 0. The van der Waals surface area contributed by atoms with Gasteiger partial charge in [0.15, 0.2) is 0 Å². The molecule has 0 unspecified atom stereocenters. The van der Waals surface area contributed by atoms with Crippen LogP contribution in [0, 0.1) is 0 Å². The molecule has 0 spiro atoms. The van der Waals surface area contributed by atoms with Gasteiger partial charge in [-0.2, -0.15) is 0 Å². The molecule has 8 heteroatoms. The lowest BCUT2D eigenvalue weighted by Crippen LogP contribution is -2.35. The molecule has 1 atom stereocenters. The summed E-state index contributed by atoms with van der Waals surface area (Å²) in [5.41, 5.74) is 10.3. The summed E-state index contributed by atoms with van der Waals surface area (Å²) in [6.07, 6.45) is -0.586. The van der Waals surface area contributed by atoms with Gasteiger partial charge in [0.05, 0.1) is 13.2 Å². The van der Waals surface area contributed by atoms with Crippen LogP contribution in [0.5, 0.6) is 0 Å². The number of alkyl carbamates (subject to hydrolysis) is 1. The van der Waals surface area contributed by atoms with Crippen LogP contribution in [-0.4, -0.2) is 56.1 Å². The van der Waals surface area contributed by atoms with Crippen LogP contribution in [0.1, 0.15) is 0 Å². The number of nitrogens with one attached hydrogen (secondary N) is 1. The fraction of sp³-hybridized carbons (Fsp3) is 0.750. The SMILES string of the molecule is NCCNC(=O)OCCOC[C@H](N)C(=O)O. The zero-order valence-corrected chi connectivity index (χ0v) is 8.85. The fourth-order valence-corrected chi connectivity index (χ4v) is 0.700. The van der Waals surface area contributed by atoms with Crippen LogP contribution in [-0.2, 0) is 14.3 Å². The quantitative estimate of drug-likeness (QED) is 0.360. The lowest BCUT2D eigenvalue weighted by atomic mass is 10.3. The maximum absolute atomic E-state index is 10.8. The largest absolute Gasteiger partial charge is 0.480 e. The molecule has 0 radical (unpaired) electrons. The minimum absolute atomic E-state index is 0.0305. The first-order chi connectivity index (χ1) is 7.57. The van der Waals surface area contributed by atoms with Crippen LogP contribution in [0.15, 0.2) is 0 Å². The highest BCUT2D eigenvalue weighted by Crippen LogP contribution is 1.84. The number of hydrogen-bond acceptors (Lipinski definition) is 6. The number of carboxylic acids is 1. The molecular weight excluding hydrogens is 218 g/mol. The molecule has 16 heavy (non-hydrogen) atoms. The van der Waals surface area contributed by atoms with Gasteiger partial charge < -0.3 is 31.4 Å². The first-order valence-electron chi connectivity index (χ1n) is 4.74. The molecule has 0 aliphatic rings. The highest BCUT2D eigenvalue weighted by Gasteiger charge is 2.10. The number of aliphatic carboxylic acids is 1. The Balaban J connectivity index is 3.33. The molecule has 0 aromatic heterocycles. The summed E-state index contributed by atoms with van der Waals surface area (Å²) in [6.45, 7) is 0.672. The Bertz CT molecular complexity index is 224. The zero-order chi connectivity index (χ0) is 12.4. The molecule has 0 aliphatic carbocycles. The maximum Gasteiger partial charge on any atom is 0.407 e. The second kappa shape index (κ2) is 8.89. The first-order valence-corrected chi connectivity index (χ1v) is 4.74. The Hall–Kier alpha value is -1.38. The molecule has 0 rings (SSSR count). The lowest BCUT2D eigenvalue weighted by Gasteiger charge is -2.08. The van der Waals surface area contributed by atoms with Crippen LogP contribution in [0.2, 0.25) is 0 Å². The topological polar surface area (TPSA) is 137 Å². The third-order valence-electron chi connectivity index (χ3n) is 1.49. The first kappa shape index (κ1) is 14.6. The van der Waals surface area contributed by atoms with Gasteiger partial charge in [0.1, 0.15) is 12.6 Å². The van der Waals surface area contributed by atoms with E-state index in [9.17, 15) is 9.59 Å². The van der Waals surface area contributed by atoms with E-state index in [2.05, 4.69) is 10.1 Å². The molecule has 0 aromatic carbocycles. The lowest BCUT2D eigenvalue weighted by molar-refractivity contribution is -0.140. The molecule has 1 amide bonds. The predicted octanol–water partition coefficient (Wildman–Crippen LogP) is -1.90. The van der Waals surface area contributed by atoms with Crippen molar-refractivity contribution in [3.8, 4) is 0 Å². The van der Waals surface area contributed by atoms with Gasteiger partial charge in [0, 0.05) is 13.1 Å². The molecule has 0 saturated carbocycles. The van der Waals surface area contributed by atoms with Gasteiger partial charge in [-0.15, -0.1) is 0 Å². The summed E-state index contributed by atoms with van der Waals surface area (Å²) < 4.78 is 9.54. The molecular formula is C8H17N3O5. The Morgan fingerprint density at radius 3 is 2.62 bits per heavy atom. The zero-order valence-electron chi connectivity index (χ0n) is 8.85. The van der Waals surface area contributed by atoms with E-state index < -0.39 is 18.1 Å². The minimum atomic E-state index is -1.14. The third-order valence-corrected chi connectivity index (χ3v) is 1.49. The van der Waals surface area contributed by atoms with E-state index in [1.807, 2.05) is 0 Å². The molecule has 0 heterocycles. The van der Waals surface area contributed by atoms with Crippen molar-refractivity contribution in [3.63, 3.8) is 0 Å². The summed E-state index contributed by atoms with van der Waals surface area (Å²) in [5.74, 6) is -1.14. The standard InChI is InChI=1S/C8H17N3O5/c9-1-2-11-8(14)16-4-3-15-5-6(10)7(12)13/h6H,1-5,9-10H2,(H,11,14)(H,12,13)/t6-/m0/s1. The van der Waals surface area contributed by atoms with Gasteiger partial charge in [0.2, 0.25) is 0 Å². The normalized spacial score (nSPS) is 11.9. The molecule has 6 N–H and O–H groups in total. The number of nitrogens with two attached hydrogens (primary N) is 2. The van der Waals surface area contributed by atoms with Crippen LogP contribution < -0.4 is 16.8 Å². The van der Waals surface area contributed by atoms with Gasteiger partial charge in [-0.25, -0.2) is 4.79 Å². The number of carbonyl (C=O) groups excluding carboxylic acids is 1. The number of carboxylic acid groups (broad SMARTS) is 1. The number of amides is 1. The van der Waals surface area contributed by atoms with Crippen molar-refractivity contribution in [1.29, 1.82) is 0 Å². The Morgan fingerprint density at radius 2 is 2.06 bits per heavy atom. The molecule has 0 aliphatic heterocycles. The highest BCUT2D eigenvalue weighted by atomic mass is 16.6. The molecule has 94 valence electrons. The van der Waals surface area contributed by atoms with Crippen molar-refractivity contribution in [1.82, 2.24) is 5.32 Å². The Labute approximate surface area is 92.9 Å². The monoisotopic (exact) mass is 235 g/mol. The Morgan fingerprint density at radius 1 is 1.38 bits per heavy atom. The van der Waals surface area contributed by atoms with E-state index in [-0.39, 0.29) is 19.8 Å². The second-order valence-electron chi connectivity index (χ2n) is 2.87. The molecule has 0 saturated heterocycles. The van der Waals surface area contributed by atoms with E-state index in [4.69, 9.17) is 21.3 Å². The van der Waals surface area contributed by atoms with E-state index in [0.717, 1.165) is 0 Å². The summed E-state index contributed by atoms with van der Waals surface area (Å²) >= 11 is 0. The van der Waals surface area contributed by atoms with Crippen LogP contribution in [0.25, 0.3) is 0 Å². The van der Waals surface area contributed by atoms with E-state index in [1.54, 1.807) is 0 Å². The van der Waals surface area contributed by atoms with Crippen LogP contribution in [0.3, 0.4) is 0 Å². The molecule has 0 bridgehead atoms. The van der Waals surface area contributed by atoms with Crippen molar-refractivity contribution in [2.75, 3.05) is 32.9 Å². The molecule has 0 fully saturated rings. The summed E-state index contributed by atoms with van der Waals surface area (Å²) in [4.78, 5) is 21.1. The van der Waals surface area contributed by atoms with E-state index in [1.165, 1.54) is 0 Å². The summed E-state index contributed by atoms with van der Waals surface area (Å²) in [6, 6.07) is -1.06. The predicted molar refractivity (Wildman–Crippen MR) is 54.8 cm³/mol. The van der Waals surface area contributed by atoms with Gasteiger partial charge in [-0.1, -0.05) is 0 Å². The van der Waals surface area contributed by atoms with Crippen molar-refractivity contribution in [3.05, 3.63) is 0 Å². The number of carbonyl (C=O) groups is 2. The smallest absolute Gasteiger partial charge is 0.407 e. The number of ether oxygens (including phenoxy) is 2. The van der Waals surface area contributed by atoms with Crippen molar-refractivity contribution < 1.29 is 24.2 Å². The van der Waals surface area contributed by atoms with Crippen molar-refractivity contribution >= 4 is 12.1 Å². The fourth-order valence-electron chi connectivity index (χ4n) is 0.700. The number of hydrogen-bond donors (Lipinski definition) is 4. The van der Waals surface area contributed by atoms with Crippen molar-refractivity contribution in [2.45, 2.75) is 6.04 Å². The van der Waals surface area contributed by atoms with Crippen molar-refractivity contribution in [2.24, 2.45) is 11.5 Å². The molecule has 8 nitrogen and oxygen atoms in total. The van der Waals surface area contributed by atoms with Crippen LogP contribution in [0.4, 0.5) is 4.79 Å². The third kappa shape index (κ3) is 7.97. The average Bonchev–Trinajstić information content (AvgIpc) is 2.25. The van der Waals surface area contributed by atoms with E-state index in [0.29, 0.717) is 13.1 Å². The summed E-state index contributed by atoms with van der Waals surface area (Å²) in [5, 5.41) is 10.8. The van der Waals surface area contributed by atoms with Gasteiger partial charge >= 0.3 is 12.1 Å². The minimum Gasteiger partial charge on any atom is -0.480 e. The maximum atomic E-state index is 10.8. The van der Waals surface area contributed by atoms with Gasteiger partial charge in [-0.05, 0) is 0 Å². The number of rotatable bonds is 8.